The van der Waals surface area contributed by atoms with Crippen LogP contribution in [0.25, 0.3) is 0 Å². The molecule has 2 rings (SSSR count). The Balaban J connectivity index is 1.84. The first-order valence-corrected chi connectivity index (χ1v) is 9.98. The SMILES string of the molecule is CCCC(CC)C(=O)C(=O)N1CCCC1C(=O)OCCCc1cccnc1. The lowest BCUT2D eigenvalue weighted by molar-refractivity contribution is -0.156. The van der Waals surface area contributed by atoms with Gasteiger partial charge in [-0.05, 0) is 50.2 Å². The van der Waals surface area contributed by atoms with Crippen LogP contribution in [-0.2, 0) is 25.5 Å². The summed E-state index contributed by atoms with van der Waals surface area (Å²) >= 11 is 0. The molecule has 6 heteroatoms. The lowest BCUT2D eigenvalue weighted by Crippen LogP contribution is -2.46. The largest absolute Gasteiger partial charge is 0.464 e. The number of aromatic nitrogens is 1. The highest BCUT2D eigenvalue weighted by Crippen LogP contribution is 2.22. The highest BCUT2D eigenvalue weighted by atomic mass is 16.5. The van der Waals surface area contributed by atoms with Crippen LogP contribution in [0.15, 0.2) is 24.5 Å². The molecule has 1 aliphatic rings. The highest BCUT2D eigenvalue weighted by Gasteiger charge is 2.39. The van der Waals surface area contributed by atoms with Crippen LogP contribution >= 0.6 is 0 Å². The molecule has 1 aromatic rings. The van der Waals surface area contributed by atoms with Gasteiger partial charge in [0.15, 0.2) is 0 Å². The van der Waals surface area contributed by atoms with Gasteiger partial charge in [0.05, 0.1) is 6.61 Å². The van der Waals surface area contributed by atoms with Gasteiger partial charge < -0.3 is 9.64 Å². The zero-order valence-corrected chi connectivity index (χ0v) is 16.4. The molecule has 0 saturated carbocycles. The van der Waals surface area contributed by atoms with E-state index in [1.165, 1.54) is 4.90 Å². The van der Waals surface area contributed by atoms with E-state index < -0.39 is 17.9 Å². The molecule has 0 bridgehead atoms. The molecule has 1 aliphatic heterocycles. The predicted octanol–water partition coefficient (Wildman–Crippen LogP) is 2.94. The molecule has 6 nitrogen and oxygen atoms in total. The maximum atomic E-state index is 12.6. The molecular formula is C21H30N2O4. The number of hydrogen-bond acceptors (Lipinski definition) is 5. The van der Waals surface area contributed by atoms with E-state index >= 15 is 0 Å². The maximum absolute atomic E-state index is 12.6. The minimum Gasteiger partial charge on any atom is -0.464 e. The number of amides is 1. The van der Waals surface area contributed by atoms with Gasteiger partial charge in [-0.15, -0.1) is 0 Å². The van der Waals surface area contributed by atoms with Gasteiger partial charge in [-0.25, -0.2) is 4.79 Å². The van der Waals surface area contributed by atoms with Crippen LogP contribution in [0, 0.1) is 5.92 Å². The van der Waals surface area contributed by atoms with Crippen LogP contribution in [0.5, 0.6) is 0 Å². The fourth-order valence-corrected chi connectivity index (χ4v) is 3.53. The summed E-state index contributed by atoms with van der Waals surface area (Å²) in [6.45, 7) is 4.67. The highest BCUT2D eigenvalue weighted by molar-refractivity contribution is 6.37. The molecule has 2 unspecified atom stereocenters. The summed E-state index contributed by atoms with van der Waals surface area (Å²) in [6.07, 6.45) is 8.50. The minimum atomic E-state index is -0.626. The summed E-state index contributed by atoms with van der Waals surface area (Å²) in [5.41, 5.74) is 1.10. The average Bonchev–Trinajstić information content (AvgIpc) is 3.19. The number of hydrogen-bond donors (Lipinski definition) is 0. The number of Topliss-reactive ketones (excluding diaryl/α,β-unsaturated/α-hetero) is 1. The zero-order chi connectivity index (χ0) is 19.6. The first-order chi connectivity index (χ1) is 13.1. The molecule has 148 valence electrons. The topological polar surface area (TPSA) is 76.6 Å². The second-order valence-electron chi connectivity index (χ2n) is 7.05. The number of esters is 1. The molecule has 1 fully saturated rings. The Morgan fingerprint density at radius 2 is 2.15 bits per heavy atom. The number of aryl methyl sites for hydroxylation is 1. The van der Waals surface area contributed by atoms with Crippen LogP contribution in [0.4, 0.5) is 0 Å². The van der Waals surface area contributed by atoms with Crippen molar-refractivity contribution in [2.45, 2.75) is 64.8 Å². The molecule has 0 spiro atoms. The summed E-state index contributed by atoms with van der Waals surface area (Å²) in [7, 11) is 0. The van der Waals surface area contributed by atoms with Crippen molar-refractivity contribution in [3.63, 3.8) is 0 Å². The normalized spacial score (nSPS) is 17.6. The molecule has 0 aliphatic carbocycles. The standard InChI is InChI=1S/C21H30N2O4/c1-3-8-17(4-2)19(24)20(25)23-13-6-11-18(23)21(26)27-14-7-10-16-9-5-12-22-15-16/h5,9,12,15,17-18H,3-4,6-8,10-11,13-14H2,1-2H3. The molecule has 0 radical (unpaired) electrons. The third-order valence-corrected chi connectivity index (χ3v) is 5.07. The van der Waals surface area contributed by atoms with Crippen molar-refractivity contribution < 1.29 is 19.1 Å². The van der Waals surface area contributed by atoms with Crippen molar-refractivity contribution in [2.24, 2.45) is 5.92 Å². The average molecular weight is 374 g/mol. The Hall–Kier alpha value is -2.24. The van der Waals surface area contributed by atoms with Gasteiger partial charge in [0.2, 0.25) is 5.78 Å². The Morgan fingerprint density at radius 1 is 1.33 bits per heavy atom. The first-order valence-electron chi connectivity index (χ1n) is 9.98. The van der Waals surface area contributed by atoms with Crippen molar-refractivity contribution in [1.29, 1.82) is 0 Å². The van der Waals surface area contributed by atoms with E-state index in [9.17, 15) is 14.4 Å². The van der Waals surface area contributed by atoms with Gasteiger partial charge in [-0.1, -0.05) is 26.3 Å². The van der Waals surface area contributed by atoms with E-state index in [2.05, 4.69) is 4.98 Å². The third-order valence-electron chi connectivity index (χ3n) is 5.07. The third kappa shape index (κ3) is 5.88. The van der Waals surface area contributed by atoms with Crippen LogP contribution in [0.2, 0.25) is 0 Å². The molecule has 2 heterocycles. The van der Waals surface area contributed by atoms with Crippen molar-refractivity contribution in [1.82, 2.24) is 9.88 Å². The Kier molecular flexibility index (Phi) is 8.43. The van der Waals surface area contributed by atoms with Crippen molar-refractivity contribution in [2.75, 3.05) is 13.2 Å². The summed E-state index contributed by atoms with van der Waals surface area (Å²) in [5, 5.41) is 0. The van der Waals surface area contributed by atoms with E-state index in [1.807, 2.05) is 26.0 Å². The number of carbonyl (C=O) groups excluding carboxylic acids is 3. The summed E-state index contributed by atoms with van der Waals surface area (Å²) in [6, 6.07) is 3.24. The number of carbonyl (C=O) groups is 3. The summed E-state index contributed by atoms with van der Waals surface area (Å²) < 4.78 is 5.38. The molecule has 2 atom stereocenters. The number of nitrogens with zero attached hydrogens (tertiary/aromatic N) is 2. The van der Waals surface area contributed by atoms with E-state index in [-0.39, 0.29) is 11.7 Å². The Labute approximate surface area is 161 Å². The van der Waals surface area contributed by atoms with E-state index in [1.54, 1.807) is 12.4 Å². The molecule has 0 N–H and O–H groups in total. The van der Waals surface area contributed by atoms with Crippen molar-refractivity contribution >= 4 is 17.7 Å². The predicted molar refractivity (Wildman–Crippen MR) is 102 cm³/mol. The van der Waals surface area contributed by atoms with Gasteiger partial charge in [-0.2, -0.15) is 0 Å². The molecule has 0 aromatic carbocycles. The molecule has 1 saturated heterocycles. The molecule has 27 heavy (non-hydrogen) atoms. The summed E-state index contributed by atoms with van der Waals surface area (Å²) in [5.74, 6) is -1.54. The van der Waals surface area contributed by atoms with Gasteiger partial charge in [0.1, 0.15) is 6.04 Å². The lowest BCUT2D eigenvalue weighted by atomic mass is 9.95. The molecule has 1 amide bonds. The summed E-state index contributed by atoms with van der Waals surface area (Å²) in [4.78, 5) is 43.0. The number of ketones is 1. The van der Waals surface area contributed by atoms with Crippen LogP contribution < -0.4 is 0 Å². The van der Waals surface area contributed by atoms with Crippen LogP contribution in [0.3, 0.4) is 0 Å². The van der Waals surface area contributed by atoms with Crippen LogP contribution in [-0.4, -0.2) is 46.7 Å². The second kappa shape index (κ2) is 10.8. The van der Waals surface area contributed by atoms with E-state index in [0.717, 1.165) is 24.8 Å². The number of ether oxygens (including phenoxy) is 1. The first kappa shape index (κ1) is 21.1. The monoisotopic (exact) mass is 374 g/mol. The second-order valence-corrected chi connectivity index (χ2v) is 7.05. The maximum Gasteiger partial charge on any atom is 0.328 e. The van der Waals surface area contributed by atoms with E-state index in [0.29, 0.717) is 38.8 Å². The number of pyridine rings is 1. The number of rotatable bonds is 10. The van der Waals surface area contributed by atoms with Crippen LogP contribution in [0.1, 0.15) is 57.9 Å². The quantitative estimate of drug-likeness (QED) is 0.357. The zero-order valence-electron chi connectivity index (χ0n) is 16.4. The van der Waals surface area contributed by atoms with Gasteiger partial charge in [0, 0.05) is 24.9 Å². The van der Waals surface area contributed by atoms with Gasteiger partial charge in [-0.3, -0.25) is 14.6 Å². The van der Waals surface area contributed by atoms with Crippen molar-refractivity contribution in [3.05, 3.63) is 30.1 Å². The Bertz CT molecular complexity index is 632. The fourth-order valence-electron chi connectivity index (χ4n) is 3.53. The molecular weight excluding hydrogens is 344 g/mol. The molecule has 1 aromatic heterocycles. The smallest absolute Gasteiger partial charge is 0.328 e. The number of likely N-dealkylation sites (tertiary alicyclic amines) is 1. The Morgan fingerprint density at radius 3 is 2.81 bits per heavy atom. The van der Waals surface area contributed by atoms with Crippen molar-refractivity contribution in [3.8, 4) is 0 Å². The lowest BCUT2D eigenvalue weighted by Gasteiger charge is -2.24. The minimum absolute atomic E-state index is 0.251. The fraction of sp³-hybridized carbons (Fsp3) is 0.619. The van der Waals surface area contributed by atoms with E-state index in [4.69, 9.17) is 4.74 Å². The van der Waals surface area contributed by atoms with Gasteiger partial charge >= 0.3 is 5.97 Å². The van der Waals surface area contributed by atoms with Gasteiger partial charge in [0.25, 0.3) is 5.91 Å².